The van der Waals surface area contributed by atoms with Gasteiger partial charge in [-0.3, -0.25) is 4.79 Å². The van der Waals surface area contributed by atoms with Crippen molar-refractivity contribution in [2.45, 2.75) is 11.7 Å². The summed E-state index contributed by atoms with van der Waals surface area (Å²) in [6, 6.07) is 1.81. The highest BCUT2D eigenvalue weighted by Gasteiger charge is 2.11. The first-order valence-corrected chi connectivity index (χ1v) is 6.38. The van der Waals surface area contributed by atoms with Gasteiger partial charge < -0.3 is 14.4 Å². The van der Waals surface area contributed by atoms with Gasteiger partial charge in [0.25, 0.3) is 0 Å². The van der Waals surface area contributed by atoms with Gasteiger partial charge in [-0.05, 0) is 0 Å². The Morgan fingerprint density at radius 3 is 3.00 bits per heavy atom. The number of aliphatic carboxylic acids is 1. The van der Waals surface area contributed by atoms with Crippen LogP contribution in [0.15, 0.2) is 17.6 Å². The van der Waals surface area contributed by atoms with Gasteiger partial charge in [-0.1, -0.05) is 11.8 Å². The zero-order valence-electron chi connectivity index (χ0n) is 10.5. The number of rotatable bonds is 6. The topological polar surface area (TPSA) is 95.1 Å². The van der Waals surface area contributed by atoms with Gasteiger partial charge in [0.1, 0.15) is 6.33 Å². The number of carboxylic acid groups (broad SMARTS) is 1. The molecule has 2 aromatic rings. The SMILES string of the molecule is COc1cc(Cn2cnnc2SCC(=O)O)nn1C. The zero-order chi connectivity index (χ0) is 13.8. The molecule has 0 atom stereocenters. The molecule has 102 valence electrons. The summed E-state index contributed by atoms with van der Waals surface area (Å²) in [6.45, 7) is 0.464. The summed E-state index contributed by atoms with van der Waals surface area (Å²) in [5.74, 6) is -0.286. The Hall–Kier alpha value is -2.03. The van der Waals surface area contributed by atoms with Crippen LogP contribution in [0.4, 0.5) is 0 Å². The Balaban J connectivity index is 2.10. The van der Waals surface area contributed by atoms with Gasteiger partial charge in [-0.15, -0.1) is 10.2 Å². The monoisotopic (exact) mass is 283 g/mol. The van der Waals surface area contributed by atoms with Crippen molar-refractivity contribution in [1.82, 2.24) is 24.5 Å². The maximum atomic E-state index is 10.5. The number of methoxy groups -OCH3 is 1. The summed E-state index contributed by atoms with van der Waals surface area (Å²) in [5, 5.41) is 21.1. The van der Waals surface area contributed by atoms with Gasteiger partial charge in [-0.2, -0.15) is 5.10 Å². The van der Waals surface area contributed by atoms with Crippen LogP contribution in [-0.4, -0.2) is 48.5 Å². The molecular formula is C10H13N5O3S. The third kappa shape index (κ3) is 3.25. The van der Waals surface area contributed by atoms with Crippen LogP contribution in [0, 0.1) is 0 Å². The molecule has 0 aliphatic heterocycles. The fourth-order valence-corrected chi connectivity index (χ4v) is 2.18. The molecule has 0 radical (unpaired) electrons. The summed E-state index contributed by atoms with van der Waals surface area (Å²) in [4.78, 5) is 10.5. The van der Waals surface area contributed by atoms with Crippen molar-refractivity contribution in [3.05, 3.63) is 18.1 Å². The molecule has 0 amide bonds. The van der Waals surface area contributed by atoms with E-state index >= 15 is 0 Å². The molecule has 0 saturated heterocycles. The average Bonchev–Trinajstić information content (AvgIpc) is 2.93. The molecule has 2 aromatic heterocycles. The quantitative estimate of drug-likeness (QED) is 0.759. The van der Waals surface area contributed by atoms with E-state index in [1.54, 1.807) is 29.7 Å². The smallest absolute Gasteiger partial charge is 0.313 e. The van der Waals surface area contributed by atoms with Crippen molar-refractivity contribution in [3.8, 4) is 5.88 Å². The fourth-order valence-electron chi connectivity index (χ4n) is 1.54. The van der Waals surface area contributed by atoms with Crippen molar-refractivity contribution >= 4 is 17.7 Å². The predicted molar refractivity (Wildman–Crippen MR) is 67.2 cm³/mol. The van der Waals surface area contributed by atoms with Gasteiger partial charge in [0.05, 0.1) is 25.1 Å². The molecule has 0 aromatic carbocycles. The summed E-state index contributed by atoms with van der Waals surface area (Å²) >= 11 is 1.12. The first-order valence-electron chi connectivity index (χ1n) is 5.39. The number of hydrogen-bond acceptors (Lipinski definition) is 6. The average molecular weight is 283 g/mol. The van der Waals surface area contributed by atoms with Crippen molar-refractivity contribution in [3.63, 3.8) is 0 Å². The minimum absolute atomic E-state index is 0.0514. The van der Waals surface area contributed by atoms with E-state index in [2.05, 4.69) is 15.3 Å². The number of hydrogen-bond donors (Lipinski definition) is 1. The highest BCUT2D eigenvalue weighted by atomic mass is 32.2. The number of carbonyl (C=O) groups is 1. The third-order valence-corrected chi connectivity index (χ3v) is 3.30. The second-order valence-electron chi connectivity index (χ2n) is 3.73. The lowest BCUT2D eigenvalue weighted by Gasteiger charge is -2.02. The third-order valence-electron chi connectivity index (χ3n) is 2.33. The second kappa shape index (κ2) is 5.74. The Bertz CT molecular complexity index is 579. The Morgan fingerprint density at radius 1 is 1.58 bits per heavy atom. The van der Waals surface area contributed by atoms with Crippen LogP contribution in [0.25, 0.3) is 0 Å². The molecule has 8 nitrogen and oxygen atoms in total. The molecule has 0 aliphatic carbocycles. The van der Waals surface area contributed by atoms with Crippen LogP contribution in [-0.2, 0) is 18.4 Å². The van der Waals surface area contributed by atoms with Crippen LogP contribution >= 0.6 is 11.8 Å². The van der Waals surface area contributed by atoms with E-state index < -0.39 is 5.97 Å². The van der Waals surface area contributed by atoms with Gasteiger partial charge in [0.2, 0.25) is 5.88 Å². The predicted octanol–water partition coefficient (Wildman–Crippen LogP) is 0.245. The molecule has 0 spiro atoms. The van der Waals surface area contributed by atoms with Crippen molar-refractivity contribution < 1.29 is 14.6 Å². The van der Waals surface area contributed by atoms with E-state index in [9.17, 15) is 4.79 Å². The molecule has 19 heavy (non-hydrogen) atoms. The van der Waals surface area contributed by atoms with Crippen LogP contribution in [0.3, 0.4) is 0 Å². The second-order valence-corrected chi connectivity index (χ2v) is 4.67. The minimum atomic E-state index is -0.890. The molecule has 0 saturated carbocycles. The van der Waals surface area contributed by atoms with E-state index in [4.69, 9.17) is 9.84 Å². The lowest BCUT2D eigenvalue weighted by Crippen LogP contribution is -2.04. The lowest BCUT2D eigenvalue weighted by molar-refractivity contribution is -0.133. The minimum Gasteiger partial charge on any atom is -0.481 e. The van der Waals surface area contributed by atoms with Crippen LogP contribution in [0.5, 0.6) is 5.88 Å². The maximum Gasteiger partial charge on any atom is 0.313 e. The number of thioether (sulfide) groups is 1. The van der Waals surface area contributed by atoms with E-state index in [0.717, 1.165) is 17.5 Å². The molecule has 0 fully saturated rings. The highest BCUT2D eigenvalue weighted by molar-refractivity contribution is 7.99. The molecule has 0 aliphatic rings. The first kappa shape index (κ1) is 13.4. The van der Waals surface area contributed by atoms with Crippen molar-refractivity contribution in [2.24, 2.45) is 7.05 Å². The first-order chi connectivity index (χ1) is 9.10. The molecular weight excluding hydrogens is 270 g/mol. The molecule has 0 bridgehead atoms. The van der Waals surface area contributed by atoms with Crippen molar-refractivity contribution in [1.29, 1.82) is 0 Å². The van der Waals surface area contributed by atoms with Crippen LogP contribution in [0.1, 0.15) is 5.69 Å². The molecule has 0 unspecified atom stereocenters. The van der Waals surface area contributed by atoms with Gasteiger partial charge in [0, 0.05) is 13.1 Å². The number of aromatic nitrogens is 5. The number of carboxylic acids is 1. The fraction of sp³-hybridized carbons (Fsp3) is 0.400. The number of ether oxygens (including phenoxy) is 1. The summed E-state index contributed by atoms with van der Waals surface area (Å²) in [6.07, 6.45) is 1.55. The van der Waals surface area contributed by atoms with E-state index in [-0.39, 0.29) is 5.75 Å². The van der Waals surface area contributed by atoms with E-state index in [1.807, 2.05) is 6.07 Å². The van der Waals surface area contributed by atoms with Crippen molar-refractivity contribution in [2.75, 3.05) is 12.9 Å². The van der Waals surface area contributed by atoms with Gasteiger partial charge in [-0.25, -0.2) is 4.68 Å². The van der Waals surface area contributed by atoms with Crippen LogP contribution in [0.2, 0.25) is 0 Å². The Kier molecular flexibility index (Phi) is 4.05. The van der Waals surface area contributed by atoms with Gasteiger partial charge >= 0.3 is 5.97 Å². The highest BCUT2D eigenvalue weighted by Crippen LogP contribution is 2.17. The van der Waals surface area contributed by atoms with Crippen LogP contribution < -0.4 is 4.74 Å². The molecule has 2 heterocycles. The normalized spacial score (nSPS) is 10.6. The molecule has 9 heteroatoms. The van der Waals surface area contributed by atoms with E-state index in [1.165, 1.54) is 0 Å². The summed E-state index contributed by atoms with van der Waals surface area (Å²) < 4.78 is 8.51. The molecule has 1 N–H and O–H groups in total. The Morgan fingerprint density at radius 2 is 2.37 bits per heavy atom. The molecule has 2 rings (SSSR count). The summed E-state index contributed by atoms with van der Waals surface area (Å²) in [5.41, 5.74) is 0.788. The largest absolute Gasteiger partial charge is 0.481 e. The number of aryl methyl sites for hydroxylation is 1. The van der Waals surface area contributed by atoms with Gasteiger partial charge in [0.15, 0.2) is 5.16 Å². The maximum absolute atomic E-state index is 10.5. The Labute approximate surface area is 113 Å². The zero-order valence-corrected chi connectivity index (χ0v) is 11.3. The summed E-state index contributed by atoms with van der Waals surface area (Å²) in [7, 11) is 3.36. The lowest BCUT2D eigenvalue weighted by atomic mass is 10.4. The standard InChI is InChI=1S/C10H13N5O3S/c1-14-8(18-2)3-7(13-14)4-15-6-11-12-10(15)19-5-9(16)17/h3,6H,4-5H2,1-2H3,(H,16,17). The number of nitrogens with zero attached hydrogens (tertiary/aromatic N) is 5. The van der Waals surface area contributed by atoms with E-state index in [0.29, 0.717) is 17.6 Å².